The quantitative estimate of drug-likeness (QED) is 0.419. The number of phenols is 1. The van der Waals surface area contributed by atoms with Crippen molar-refractivity contribution < 1.29 is 34.4 Å². The molecule has 0 heterocycles. The van der Waals surface area contributed by atoms with Crippen LogP contribution in [0.15, 0.2) is 23.0 Å². The molecule has 0 spiro atoms. The number of nitrogens with zero attached hydrogens (tertiary/aromatic N) is 1. The van der Waals surface area contributed by atoms with Crippen LogP contribution in [0.2, 0.25) is 0 Å². The van der Waals surface area contributed by atoms with Crippen LogP contribution in [-0.4, -0.2) is 58.4 Å². The Morgan fingerprint density at radius 2 is 1.92 bits per heavy atom. The number of hydrogen-bond donors (Lipinski definition) is 4. The molecule has 4 unspecified atom stereocenters. The van der Waals surface area contributed by atoms with Crippen LogP contribution in [0.3, 0.4) is 0 Å². The monoisotopic (exact) mass is 498 g/mol. The molecule has 4 rings (SSSR count). The molecule has 1 amide bonds. The first-order chi connectivity index (χ1) is 17.1. The second-order valence-electron chi connectivity index (χ2n) is 10.0. The number of Topliss-reactive ketones (excluding diaryl/α,β-unsaturated/α-hetero) is 2. The number of carbonyl (C=O) groups excluding carboxylic acids is 3. The smallest absolute Gasteiger partial charge is 0.255 e. The zero-order valence-electron chi connectivity index (χ0n) is 21.1. The standard InChI is InChI=1S/C27H34N2O7/c1-5-7-16(29(3)6-2)14-11-18(31)21-15(26(14)36-4)9-12-8-13-10-17(30)22(27(28)35)25(34)20(13)23(32)19(12)24(21)33/h11-13,16,20,31,33-34H,5-10H2,1-4H3,(H2,28,35). The van der Waals surface area contributed by atoms with E-state index in [-0.39, 0.29) is 35.1 Å². The molecule has 3 aliphatic carbocycles. The number of nitrogens with two attached hydrogens (primary N) is 1. The third kappa shape index (κ3) is 3.86. The number of aliphatic hydroxyl groups is 2. The second-order valence-corrected chi connectivity index (χ2v) is 10.0. The molecule has 5 N–H and O–H groups in total. The van der Waals surface area contributed by atoms with E-state index in [1.165, 1.54) is 0 Å². The highest BCUT2D eigenvalue weighted by Gasteiger charge is 2.51. The van der Waals surface area contributed by atoms with Gasteiger partial charge in [0.2, 0.25) is 0 Å². The number of ether oxygens (including phenoxy) is 1. The van der Waals surface area contributed by atoms with Gasteiger partial charge in [-0.3, -0.25) is 19.3 Å². The fraction of sp³-hybridized carbons (Fsp3) is 0.519. The summed E-state index contributed by atoms with van der Waals surface area (Å²) >= 11 is 0. The Morgan fingerprint density at radius 3 is 2.50 bits per heavy atom. The Bertz CT molecular complexity index is 1200. The Kier molecular flexibility index (Phi) is 6.88. The number of hydrogen-bond acceptors (Lipinski definition) is 8. The second kappa shape index (κ2) is 9.61. The molecule has 1 fully saturated rings. The summed E-state index contributed by atoms with van der Waals surface area (Å²) in [6, 6.07) is 1.58. The molecule has 0 bridgehead atoms. The number of benzene rings is 1. The number of allylic oxidation sites excluding steroid dienone is 2. The molecule has 0 aliphatic heterocycles. The first kappa shape index (κ1) is 25.8. The van der Waals surface area contributed by atoms with Crippen LogP contribution in [-0.2, 0) is 20.8 Å². The Hall–Kier alpha value is -3.33. The van der Waals surface area contributed by atoms with E-state index in [2.05, 4.69) is 18.7 Å². The Labute approximate surface area is 210 Å². The summed E-state index contributed by atoms with van der Waals surface area (Å²) in [5.74, 6) is -4.85. The minimum atomic E-state index is -1.13. The fourth-order valence-electron chi connectivity index (χ4n) is 6.31. The predicted molar refractivity (Wildman–Crippen MR) is 132 cm³/mol. The molecule has 4 atom stereocenters. The zero-order chi connectivity index (χ0) is 26.5. The molecule has 0 radical (unpaired) electrons. The van der Waals surface area contributed by atoms with Gasteiger partial charge in [-0.15, -0.1) is 0 Å². The van der Waals surface area contributed by atoms with Crippen LogP contribution >= 0.6 is 0 Å². The molecule has 9 heteroatoms. The lowest BCUT2D eigenvalue weighted by Gasteiger charge is -2.41. The highest BCUT2D eigenvalue weighted by Crippen LogP contribution is 2.53. The molecule has 0 aromatic heterocycles. The van der Waals surface area contributed by atoms with Gasteiger partial charge in [0, 0.05) is 29.2 Å². The van der Waals surface area contributed by atoms with Gasteiger partial charge in [0.1, 0.15) is 28.6 Å². The summed E-state index contributed by atoms with van der Waals surface area (Å²) in [7, 11) is 3.56. The van der Waals surface area contributed by atoms with E-state index in [1.54, 1.807) is 13.2 Å². The van der Waals surface area contributed by atoms with Gasteiger partial charge in [0.15, 0.2) is 11.6 Å². The number of phenolic OH excluding ortho intramolecular Hbond substituents is 1. The number of aromatic hydroxyl groups is 1. The average molecular weight is 499 g/mol. The van der Waals surface area contributed by atoms with Gasteiger partial charge in [0.25, 0.3) is 5.91 Å². The number of aliphatic hydroxyl groups excluding tert-OH is 2. The van der Waals surface area contributed by atoms with E-state index in [0.717, 1.165) is 24.9 Å². The SMILES string of the molecule is CCCC(c1cc(O)c2c(c1OC)CC1CC3CC(=O)C(C(N)=O)=C(O)C3C(=O)C1=C2O)N(C)CC. The van der Waals surface area contributed by atoms with E-state index in [1.807, 2.05) is 7.05 Å². The van der Waals surface area contributed by atoms with Crippen LogP contribution < -0.4 is 10.5 Å². The maximum absolute atomic E-state index is 13.6. The van der Waals surface area contributed by atoms with Crippen molar-refractivity contribution in [3.8, 4) is 11.5 Å². The number of rotatable bonds is 7. The predicted octanol–water partition coefficient (Wildman–Crippen LogP) is 3.11. The van der Waals surface area contributed by atoms with Crippen molar-refractivity contribution in [3.05, 3.63) is 39.7 Å². The van der Waals surface area contributed by atoms with Crippen molar-refractivity contribution in [1.82, 2.24) is 4.90 Å². The van der Waals surface area contributed by atoms with E-state index in [9.17, 15) is 29.7 Å². The van der Waals surface area contributed by atoms with Crippen molar-refractivity contribution in [2.24, 2.45) is 23.5 Å². The largest absolute Gasteiger partial charge is 0.511 e. The first-order valence-electron chi connectivity index (χ1n) is 12.4. The summed E-state index contributed by atoms with van der Waals surface area (Å²) in [5.41, 5.74) is 6.41. The van der Waals surface area contributed by atoms with Gasteiger partial charge in [-0.25, -0.2) is 0 Å². The van der Waals surface area contributed by atoms with Crippen LogP contribution in [0.5, 0.6) is 11.5 Å². The van der Waals surface area contributed by atoms with E-state index >= 15 is 0 Å². The van der Waals surface area contributed by atoms with Gasteiger partial charge in [0.05, 0.1) is 18.6 Å². The number of primary amides is 1. The topological polar surface area (TPSA) is 150 Å². The lowest BCUT2D eigenvalue weighted by atomic mass is 9.61. The van der Waals surface area contributed by atoms with E-state index in [0.29, 0.717) is 24.2 Å². The van der Waals surface area contributed by atoms with Crippen molar-refractivity contribution in [1.29, 1.82) is 0 Å². The van der Waals surface area contributed by atoms with Crippen LogP contribution in [0.1, 0.15) is 62.3 Å². The van der Waals surface area contributed by atoms with Crippen LogP contribution in [0, 0.1) is 17.8 Å². The fourth-order valence-corrected chi connectivity index (χ4v) is 6.31. The van der Waals surface area contributed by atoms with Gasteiger partial charge in [-0.1, -0.05) is 20.3 Å². The third-order valence-corrected chi connectivity index (χ3v) is 8.02. The maximum atomic E-state index is 13.6. The number of ketones is 2. The highest BCUT2D eigenvalue weighted by atomic mass is 16.5. The minimum absolute atomic E-state index is 0.0127. The normalized spacial score (nSPS) is 24.4. The van der Waals surface area contributed by atoms with Gasteiger partial charge < -0.3 is 25.8 Å². The van der Waals surface area contributed by atoms with Crippen molar-refractivity contribution in [2.75, 3.05) is 20.7 Å². The summed E-state index contributed by atoms with van der Waals surface area (Å²) in [6.45, 7) is 4.93. The first-order valence-corrected chi connectivity index (χ1v) is 12.4. The molecule has 1 aromatic rings. The summed E-state index contributed by atoms with van der Waals surface area (Å²) in [6.07, 6.45) is 2.35. The van der Waals surface area contributed by atoms with Crippen LogP contribution in [0.25, 0.3) is 5.76 Å². The minimum Gasteiger partial charge on any atom is -0.511 e. The number of methoxy groups -OCH3 is 1. The lowest BCUT2D eigenvalue weighted by Crippen LogP contribution is -2.44. The molecular weight excluding hydrogens is 464 g/mol. The molecule has 0 saturated heterocycles. The van der Waals surface area contributed by atoms with Gasteiger partial charge in [-0.05, 0) is 50.8 Å². The molecule has 1 saturated carbocycles. The average Bonchev–Trinajstić information content (AvgIpc) is 2.80. The molecular formula is C27H34N2O7. The molecule has 1 aromatic carbocycles. The van der Waals surface area contributed by atoms with E-state index in [4.69, 9.17) is 10.5 Å². The third-order valence-electron chi connectivity index (χ3n) is 8.02. The molecule has 194 valence electrons. The van der Waals surface area contributed by atoms with Crippen molar-refractivity contribution in [2.45, 2.75) is 52.0 Å². The Morgan fingerprint density at radius 1 is 1.22 bits per heavy atom. The summed E-state index contributed by atoms with van der Waals surface area (Å²) in [4.78, 5) is 40.0. The molecule has 36 heavy (non-hydrogen) atoms. The molecule has 9 nitrogen and oxygen atoms in total. The summed E-state index contributed by atoms with van der Waals surface area (Å²) in [5, 5.41) is 33.0. The Balaban J connectivity index is 1.88. The van der Waals surface area contributed by atoms with Crippen LogP contribution in [0.4, 0.5) is 0 Å². The van der Waals surface area contributed by atoms with E-state index < -0.39 is 46.6 Å². The maximum Gasteiger partial charge on any atom is 0.255 e. The summed E-state index contributed by atoms with van der Waals surface area (Å²) < 4.78 is 5.85. The lowest BCUT2D eigenvalue weighted by molar-refractivity contribution is -0.127. The van der Waals surface area contributed by atoms with Crippen molar-refractivity contribution in [3.63, 3.8) is 0 Å². The number of carbonyl (C=O) groups is 3. The van der Waals surface area contributed by atoms with Gasteiger partial charge >= 0.3 is 0 Å². The van der Waals surface area contributed by atoms with Crippen molar-refractivity contribution >= 4 is 23.2 Å². The van der Waals surface area contributed by atoms with Gasteiger partial charge in [-0.2, -0.15) is 0 Å². The number of fused-ring (bicyclic) bond motifs is 3. The highest BCUT2D eigenvalue weighted by molar-refractivity contribution is 6.21. The number of amides is 1. The molecule has 3 aliphatic rings. The zero-order valence-corrected chi connectivity index (χ0v) is 21.1.